The summed E-state index contributed by atoms with van der Waals surface area (Å²) in [5.74, 6) is 7.43. The minimum Gasteiger partial charge on any atom is -0.438 e. The molecule has 0 radical (unpaired) electrons. The lowest BCUT2D eigenvalue weighted by atomic mass is 10.0. The van der Waals surface area contributed by atoms with Gasteiger partial charge in [0.25, 0.3) is 0 Å². The van der Waals surface area contributed by atoms with Gasteiger partial charge in [0.1, 0.15) is 5.75 Å². The second-order valence-corrected chi connectivity index (χ2v) is 5.11. The number of nitrogens with one attached hydrogen (secondary N) is 1. The smallest absolute Gasteiger partial charge is 0.240 e. The lowest BCUT2D eigenvalue weighted by molar-refractivity contribution is 0.454. The molecule has 5 heteroatoms. The molecular weight excluding hydrogens is 252 g/mol. The lowest BCUT2D eigenvalue weighted by Crippen LogP contribution is -2.11. The molecule has 5 nitrogen and oxygen atoms in total. The van der Waals surface area contributed by atoms with Crippen molar-refractivity contribution in [2.24, 2.45) is 5.84 Å². The third kappa shape index (κ3) is 3.05. The van der Waals surface area contributed by atoms with E-state index in [1.165, 1.54) is 5.56 Å². The molecule has 1 aromatic heterocycles. The molecule has 0 bridgehead atoms. The highest BCUT2D eigenvalue weighted by Gasteiger charge is 2.09. The summed E-state index contributed by atoms with van der Waals surface area (Å²) in [6, 6.07) is 6.23. The van der Waals surface area contributed by atoms with Crippen LogP contribution < -0.4 is 16.0 Å². The summed E-state index contributed by atoms with van der Waals surface area (Å²) >= 11 is 0. The first-order chi connectivity index (χ1) is 9.51. The number of aromatic nitrogens is 2. The Morgan fingerprint density at radius 2 is 1.95 bits per heavy atom. The highest BCUT2D eigenvalue weighted by molar-refractivity contribution is 5.42. The molecule has 0 unspecified atom stereocenters. The molecule has 2 aromatic rings. The standard InChI is InChI=1S/C15H20N4O/c1-9(2)12-6-5-10(3)13(7-12)20-14-11(4)8-17-15(18-14)19-16/h5-9H,16H2,1-4H3,(H,17,18,19). The van der Waals surface area contributed by atoms with Gasteiger partial charge in [0.05, 0.1) is 0 Å². The molecular formula is C15H20N4O. The van der Waals surface area contributed by atoms with Gasteiger partial charge in [-0.1, -0.05) is 26.0 Å². The van der Waals surface area contributed by atoms with E-state index in [2.05, 4.69) is 47.4 Å². The number of hydrogen-bond donors (Lipinski definition) is 2. The highest BCUT2D eigenvalue weighted by Crippen LogP contribution is 2.29. The molecule has 106 valence electrons. The van der Waals surface area contributed by atoms with E-state index >= 15 is 0 Å². The number of aryl methyl sites for hydroxylation is 2. The van der Waals surface area contributed by atoms with Crippen LogP contribution in [-0.4, -0.2) is 9.97 Å². The molecule has 0 atom stereocenters. The highest BCUT2D eigenvalue weighted by atomic mass is 16.5. The molecule has 2 rings (SSSR count). The summed E-state index contributed by atoms with van der Waals surface area (Å²) in [4.78, 5) is 8.27. The topological polar surface area (TPSA) is 73.1 Å². The maximum Gasteiger partial charge on any atom is 0.240 e. The monoisotopic (exact) mass is 272 g/mol. The zero-order valence-electron chi connectivity index (χ0n) is 12.3. The fourth-order valence-corrected chi connectivity index (χ4v) is 1.79. The number of nitrogens with zero attached hydrogens (tertiary/aromatic N) is 2. The van der Waals surface area contributed by atoms with Gasteiger partial charge in [-0.05, 0) is 37.0 Å². The number of ether oxygens (including phenoxy) is 1. The fraction of sp³-hybridized carbons (Fsp3) is 0.333. The van der Waals surface area contributed by atoms with Crippen molar-refractivity contribution < 1.29 is 4.74 Å². The van der Waals surface area contributed by atoms with Crippen LogP contribution in [0.15, 0.2) is 24.4 Å². The van der Waals surface area contributed by atoms with Gasteiger partial charge in [-0.3, -0.25) is 5.43 Å². The maximum absolute atomic E-state index is 5.93. The Morgan fingerprint density at radius 1 is 1.20 bits per heavy atom. The van der Waals surface area contributed by atoms with Crippen LogP contribution in [0.1, 0.15) is 36.5 Å². The van der Waals surface area contributed by atoms with E-state index in [-0.39, 0.29) is 0 Å². The summed E-state index contributed by atoms with van der Waals surface area (Å²) in [7, 11) is 0. The van der Waals surface area contributed by atoms with Crippen LogP contribution in [0.2, 0.25) is 0 Å². The van der Waals surface area contributed by atoms with Gasteiger partial charge in [-0.25, -0.2) is 10.8 Å². The molecule has 20 heavy (non-hydrogen) atoms. The Bertz CT molecular complexity index is 611. The third-order valence-corrected chi connectivity index (χ3v) is 3.14. The molecule has 1 aromatic carbocycles. The minimum absolute atomic E-state index is 0.336. The SMILES string of the molecule is Cc1ccc(C(C)C)cc1Oc1nc(NN)ncc1C. The molecule has 0 saturated heterocycles. The first kappa shape index (κ1) is 14.3. The Morgan fingerprint density at radius 3 is 2.60 bits per heavy atom. The van der Waals surface area contributed by atoms with Gasteiger partial charge in [-0.15, -0.1) is 0 Å². The molecule has 1 heterocycles. The number of rotatable bonds is 4. The van der Waals surface area contributed by atoms with Crippen LogP contribution in [0.5, 0.6) is 11.6 Å². The minimum atomic E-state index is 0.336. The molecule has 0 amide bonds. The second-order valence-electron chi connectivity index (χ2n) is 5.11. The Hall–Kier alpha value is -2.14. The van der Waals surface area contributed by atoms with Crippen LogP contribution in [0.3, 0.4) is 0 Å². The first-order valence-corrected chi connectivity index (χ1v) is 6.60. The summed E-state index contributed by atoms with van der Waals surface area (Å²) in [6.45, 7) is 8.22. The molecule has 0 spiro atoms. The van der Waals surface area contributed by atoms with Crippen LogP contribution >= 0.6 is 0 Å². The average Bonchev–Trinajstić information content (AvgIpc) is 2.43. The van der Waals surface area contributed by atoms with Crippen molar-refractivity contribution in [1.82, 2.24) is 9.97 Å². The summed E-state index contributed by atoms with van der Waals surface area (Å²) in [5.41, 5.74) is 5.58. The van der Waals surface area contributed by atoms with Crippen LogP contribution in [-0.2, 0) is 0 Å². The Balaban J connectivity index is 2.36. The van der Waals surface area contributed by atoms with E-state index in [9.17, 15) is 0 Å². The van der Waals surface area contributed by atoms with Crippen molar-refractivity contribution in [2.45, 2.75) is 33.6 Å². The quantitative estimate of drug-likeness (QED) is 0.660. The number of hydrazine groups is 1. The number of anilines is 1. The largest absolute Gasteiger partial charge is 0.438 e. The first-order valence-electron chi connectivity index (χ1n) is 6.60. The summed E-state index contributed by atoms with van der Waals surface area (Å²) in [6.07, 6.45) is 1.68. The number of benzene rings is 1. The molecule has 3 N–H and O–H groups in total. The Kier molecular flexibility index (Phi) is 4.20. The molecule has 0 saturated carbocycles. The van der Waals surface area contributed by atoms with E-state index in [1.54, 1.807) is 6.20 Å². The van der Waals surface area contributed by atoms with E-state index < -0.39 is 0 Å². The van der Waals surface area contributed by atoms with Gasteiger partial charge in [-0.2, -0.15) is 4.98 Å². The molecule has 0 fully saturated rings. The molecule has 0 aliphatic heterocycles. The van der Waals surface area contributed by atoms with Gasteiger partial charge < -0.3 is 4.74 Å². The zero-order valence-corrected chi connectivity index (χ0v) is 12.3. The van der Waals surface area contributed by atoms with Crippen molar-refractivity contribution in [3.05, 3.63) is 41.1 Å². The van der Waals surface area contributed by atoms with E-state index in [0.29, 0.717) is 17.7 Å². The van der Waals surface area contributed by atoms with Crippen LogP contribution in [0, 0.1) is 13.8 Å². The normalized spacial score (nSPS) is 10.7. The van der Waals surface area contributed by atoms with Crippen molar-refractivity contribution in [1.29, 1.82) is 0 Å². The van der Waals surface area contributed by atoms with Gasteiger partial charge in [0, 0.05) is 11.8 Å². The maximum atomic E-state index is 5.93. The van der Waals surface area contributed by atoms with E-state index in [4.69, 9.17) is 10.6 Å². The average molecular weight is 272 g/mol. The van der Waals surface area contributed by atoms with Gasteiger partial charge >= 0.3 is 0 Å². The van der Waals surface area contributed by atoms with Gasteiger partial charge in [0.15, 0.2) is 0 Å². The lowest BCUT2D eigenvalue weighted by Gasteiger charge is -2.13. The van der Waals surface area contributed by atoms with Crippen molar-refractivity contribution in [3.8, 4) is 11.6 Å². The van der Waals surface area contributed by atoms with Gasteiger partial charge in [0.2, 0.25) is 11.8 Å². The van der Waals surface area contributed by atoms with E-state index in [1.807, 2.05) is 13.8 Å². The van der Waals surface area contributed by atoms with Crippen molar-refractivity contribution in [2.75, 3.05) is 5.43 Å². The van der Waals surface area contributed by atoms with E-state index in [0.717, 1.165) is 16.9 Å². The van der Waals surface area contributed by atoms with Crippen molar-refractivity contribution in [3.63, 3.8) is 0 Å². The zero-order chi connectivity index (χ0) is 14.7. The Labute approximate surface area is 119 Å². The third-order valence-electron chi connectivity index (χ3n) is 3.14. The van der Waals surface area contributed by atoms with Crippen molar-refractivity contribution >= 4 is 5.95 Å². The number of nitrogens with two attached hydrogens (primary N) is 1. The fourth-order valence-electron chi connectivity index (χ4n) is 1.79. The molecule has 0 aliphatic carbocycles. The number of hydrogen-bond acceptors (Lipinski definition) is 5. The van der Waals surface area contributed by atoms with Crippen LogP contribution in [0.4, 0.5) is 5.95 Å². The predicted octanol–water partition coefficient (Wildman–Crippen LogP) is 3.29. The number of nitrogen functional groups attached to an aromatic ring is 1. The summed E-state index contributed by atoms with van der Waals surface area (Å²) < 4.78 is 5.93. The second kappa shape index (κ2) is 5.88. The predicted molar refractivity (Wildman–Crippen MR) is 79.9 cm³/mol. The molecule has 0 aliphatic rings. The summed E-state index contributed by atoms with van der Waals surface area (Å²) in [5, 5.41) is 0. The van der Waals surface area contributed by atoms with Crippen LogP contribution in [0.25, 0.3) is 0 Å².